The first-order valence-electron chi connectivity index (χ1n) is 12.7. The maximum atomic E-state index is 13.8. The molecule has 4 aromatic rings. The molecular formula is C32H28N2O5S. The number of nitrogens with zero attached hydrogens (tertiary/aromatic N) is 2. The van der Waals surface area contributed by atoms with Gasteiger partial charge in [0.2, 0.25) is 0 Å². The van der Waals surface area contributed by atoms with Gasteiger partial charge < -0.3 is 14.2 Å². The number of allylic oxidation sites excluding steroid dienone is 1. The molecule has 202 valence electrons. The van der Waals surface area contributed by atoms with E-state index in [2.05, 4.69) is 11.6 Å². The highest BCUT2D eigenvalue weighted by atomic mass is 32.1. The molecule has 8 heteroatoms. The summed E-state index contributed by atoms with van der Waals surface area (Å²) < 4.78 is 18.6. The molecule has 0 amide bonds. The van der Waals surface area contributed by atoms with Crippen molar-refractivity contribution in [1.29, 1.82) is 0 Å². The Hall–Kier alpha value is -4.69. The first-order valence-corrected chi connectivity index (χ1v) is 13.5. The molecule has 7 nitrogen and oxygen atoms in total. The van der Waals surface area contributed by atoms with Gasteiger partial charge in [0.05, 0.1) is 29.0 Å². The van der Waals surface area contributed by atoms with Gasteiger partial charge in [-0.3, -0.25) is 9.36 Å². The fourth-order valence-electron chi connectivity index (χ4n) is 4.45. The average molecular weight is 553 g/mol. The fraction of sp³-hybridized carbons (Fsp3) is 0.156. The predicted molar refractivity (Wildman–Crippen MR) is 155 cm³/mol. The number of thiazole rings is 1. The molecule has 0 fully saturated rings. The quantitative estimate of drug-likeness (QED) is 0.225. The molecule has 0 unspecified atom stereocenters. The molecule has 40 heavy (non-hydrogen) atoms. The molecule has 0 N–H and O–H groups in total. The normalized spacial score (nSPS) is 14.8. The van der Waals surface area contributed by atoms with Crippen LogP contribution in [0.15, 0.2) is 113 Å². The van der Waals surface area contributed by atoms with E-state index in [-0.39, 0.29) is 12.2 Å². The van der Waals surface area contributed by atoms with Crippen molar-refractivity contribution >= 4 is 23.4 Å². The lowest BCUT2D eigenvalue weighted by Crippen LogP contribution is -2.39. The molecule has 0 spiro atoms. The predicted octanol–water partition coefficient (Wildman–Crippen LogP) is 4.55. The number of rotatable bonds is 9. The van der Waals surface area contributed by atoms with Crippen molar-refractivity contribution in [3.8, 4) is 11.5 Å². The minimum absolute atomic E-state index is 0.0560. The van der Waals surface area contributed by atoms with E-state index >= 15 is 0 Å². The maximum absolute atomic E-state index is 13.8. The third-order valence-corrected chi connectivity index (χ3v) is 7.41. The number of carbonyl (C=O) groups excluding carboxylic acids is 1. The van der Waals surface area contributed by atoms with Gasteiger partial charge in [0.25, 0.3) is 5.56 Å². The van der Waals surface area contributed by atoms with Crippen LogP contribution in [0.3, 0.4) is 0 Å². The van der Waals surface area contributed by atoms with Gasteiger partial charge in [0, 0.05) is 0 Å². The van der Waals surface area contributed by atoms with Crippen LogP contribution in [0.2, 0.25) is 0 Å². The second kappa shape index (κ2) is 12.0. The summed E-state index contributed by atoms with van der Waals surface area (Å²) in [4.78, 5) is 32.0. The van der Waals surface area contributed by atoms with E-state index in [4.69, 9.17) is 14.2 Å². The second-order valence-electron chi connectivity index (χ2n) is 9.09. The summed E-state index contributed by atoms with van der Waals surface area (Å²) in [5, 5.41) is 0. The van der Waals surface area contributed by atoms with Crippen LogP contribution in [0.1, 0.15) is 29.7 Å². The lowest BCUT2D eigenvalue weighted by Gasteiger charge is -2.24. The summed E-state index contributed by atoms with van der Waals surface area (Å²) in [6, 6.07) is 24.1. The number of aromatic nitrogens is 1. The number of methoxy groups -OCH3 is 1. The van der Waals surface area contributed by atoms with Crippen molar-refractivity contribution in [3.63, 3.8) is 0 Å². The molecule has 0 radical (unpaired) electrons. The summed E-state index contributed by atoms with van der Waals surface area (Å²) in [6.07, 6.45) is 3.33. The highest BCUT2D eigenvalue weighted by Crippen LogP contribution is 2.31. The summed E-state index contributed by atoms with van der Waals surface area (Å²) in [5.74, 6) is 0.867. The lowest BCUT2D eigenvalue weighted by atomic mass is 9.96. The van der Waals surface area contributed by atoms with E-state index in [9.17, 15) is 9.59 Å². The van der Waals surface area contributed by atoms with Gasteiger partial charge in [-0.05, 0) is 54.0 Å². The Morgan fingerprint density at radius 2 is 1.73 bits per heavy atom. The molecule has 1 aromatic heterocycles. The Kier molecular flexibility index (Phi) is 8.07. The molecule has 2 heterocycles. The third kappa shape index (κ3) is 5.67. The topological polar surface area (TPSA) is 79.1 Å². The van der Waals surface area contributed by atoms with Gasteiger partial charge >= 0.3 is 5.97 Å². The van der Waals surface area contributed by atoms with Gasteiger partial charge in [-0.1, -0.05) is 78.6 Å². The van der Waals surface area contributed by atoms with Crippen LogP contribution in [0.25, 0.3) is 6.08 Å². The van der Waals surface area contributed by atoms with Gasteiger partial charge in [0.1, 0.15) is 24.7 Å². The van der Waals surface area contributed by atoms with Crippen molar-refractivity contribution in [2.75, 3.05) is 13.7 Å². The first-order chi connectivity index (χ1) is 19.5. The van der Waals surface area contributed by atoms with Crippen LogP contribution in [0, 0.1) is 0 Å². The van der Waals surface area contributed by atoms with E-state index in [1.165, 1.54) is 17.4 Å². The number of fused-ring (bicyclic) bond motifs is 1. The summed E-state index contributed by atoms with van der Waals surface area (Å²) in [7, 11) is 1.59. The SMILES string of the molecule is C=CCOC(=O)C1=C(C)N=c2s/c(=C/c3ccc(OCc4ccccc4)cc3)c(=O)n2[C@H]1c1ccc(OC)cc1. The van der Waals surface area contributed by atoms with Crippen molar-refractivity contribution in [2.45, 2.75) is 19.6 Å². The number of benzene rings is 3. The minimum Gasteiger partial charge on any atom is -0.497 e. The van der Waals surface area contributed by atoms with E-state index in [1.54, 1.807) is 30.7 Å². The van der Waals surface area contributed by atoms with Crippen molar-refractivity contribution in [2.24, 2.45) is 4.99 Å². The number of esters is 1. The summed E-state index contributed by atoms with van der Waals surface area (Å²) >= 11 is 1.28. The van der Waals surface area contributed by atoms with Crippen LogP contribution < -0.4 is 24.4 Å². The Morgan fingerprint density at radius 1 is 1.02 bits per heavy atom. The van der Waals surface area contributed by atoms with Gasteiger partial charge in [-0.15, -0.1) is 0 Å². The number of carbonyl (C=O) groups is 1. The van der Waals surface area contributed by atoms with Gasteiger partial charge in [0.15, 0.2) is 4.80 Å². The van der Waals surface area contributed by atoms with Crippen LogP contribution in [-0.4, -0.2) is 24.3 Å². The summed E-state index contributed by atoms with van der Waals surface area (Å²) in [5.41, 5.74) is 3.25. The monoisotopic (exact) mass is 552 g/mol. The summed E-state index contributed by atoms with van der Waals surface area (Å²) in [6.45, 7) is 5.91. The smallest absolute Gasteiger partial charge is 0.338 e. The van der Waals surface area contributed by atoms with E-state index in [0.29, 0.717) is 33.0 Å². The Bertz CT molecular complexity index is 1730. The molecule has 1 aliphatic rings. The molecular weight excluding hydrogens is 524 g/mol. The van der Waals surface area contributed by atoms with Crippen LogP contribution in [-0.2, 0) is 16.1 Å². The molecule has 1 aliphatic heterocycles. The second-order valence-corrected chi connectivity index (χ2v) is 10.1. The van der Waals surface area contributed by atoms with E-state index < -0.39 is 12.0 Å². The van der Waals surface area contributed by atoms with Crippen LogP contribution >= 0.6 is 11.3 Å². The fourth-order valence-corrected chi connectivity index (χ4v) is 5.50. The zero-order valence-corrected chi connectivity index (χ0v) is 23.0. The zero-order chi connectivity index (χ0) is 28.1. The molecule has 0 bridgehead atoms. The van der Waals surface area contributed by atoms with Gasteiger partial charge in [-0.2, -0.15) is 0 Å². The largest absolute Gasteiger partial charge is 0.497 e. The Balaban J connectivity index is 1.50. The average Bonchev–Trinajstić information content (AvgIpc) is 3.29. The third-order valence-electron chi connectivity index (χ3n) is 6.43. The van der Waals surface area contributed by atoms with Gasteiger partial charge in [-0.25, -0.2) is 9.79 Å². The highest BCUT2D eigenvalue weighted by molar-refractivity contribution is 7.07. The number of hydrogen-bond donors (Lipinski definition) is 0. The molecule has 0 aliphatic carbocycles. The van der Waals surface area contributed by atoms with E-state index in [1.807, 2.05) is 72.8 Å². The highest BCUT2D eigenvalue weighted by Gasteiger charge is 2.33. The molecule has 3 aromatic carbocycles. The van der Waals surface area contributed by atoms with Crippen LogP contribution in [0.5, 0.6) is 11.5 Å². The zero-order valence-electron chi connectivity index (χ0n) is 22.2. The maximum Gasteiger partial charge on any atom is 0.338 e. The first kappa shape index (κ1) is 26.9. The van der Waals surface area contributed by atoms with Crippen molar-refractivity contribution in [3.05, 3.63) is 139 Å². The minimum atomic E-state index is -0.699. The Morgan fingerprint density at radius 3 is 2.40 bits per heavy atom. The molecule has 5 rings (SSSR count). The molecule has 1 atom stereocenters. The van der Waals surface area contributed by atoms with Crippen molar-refractivity contribution < 1.29 is 19.0 Å². The standard InChI is InChI=1S/C32H28N2O5S/c1-4-18-38-31(36)28-21(2)33-32-34(29(28)24-12-16-25(37-3)17-13-24)30(35)27(40-32)19-22-10-14-26(15-11-22)39-20-23-8-6-5-7-9-23/h4-17,19,29H,1,18,20H2,2-3H3/b27-19+/t29-/m0/s1. The molecule has 0 saturated heterocycles. The lowest BCUT2D eigenvalue weighted by molar-refractivity contribution is -0.138. The van der Waals surface area contributed by atoms with Crippen LogP contribution in [0.4, 0.5) is 0 Å². The Labute approximate surface area is 235 Å². The molecule has 0 saturated carbocycles. The van der Waals surface area contributed by atoms with Crippen molar-refractivity contribution in [1.82, 2.24) is 4.57 Å². The number of ether oxygens (including phenoxy) is 3. The number of hydrogen-bond acceptors (Lipinski definition) is 7. The van der Waals surface area contributed by atoms with E-state index in [0.717, 1.165) is 22.4 Å².